The van der Waals surface area contributed by atoms with Gasteiger partial charge in [-0.3, -0.25) is 9.80 Å². The quantitative estimate of drug-likeness (QED) is 0.422. The summed E-state index contributed by atoms with van der Waals surface area (Å²) in [6.45, 7) is 5.63. The van der Waals surface area contributed by atoms with Crippen molar-refractivity contribution in [3.63, 3.8) is 0 Å². The van der Waals surface area contributed by atoms with Crippen LogP contribution in [-0.4, -0.2) is 68.4 Å². The molecule has 188 valence electrons. The molecule has 1 aliphatic rings. The van der Waals surface area contributed by atoms with Gasteiger partial charge in [-0.25, -0.2) is 0 Å². The number of nitrogens with zero attached hydrogens (tertiary/aromatic N) is 4. The van der Waals surface area contributed by atoms with Gasteiger partial charge in [0.1, 0.15) is 11.4 Å². The van der Waals surface area contributed by atoms with Gasteiger partial charge in [-0.2, -0.15) is 13.2 Å². The van der Waals surface area contributed by atoms with Crippen LogP contribution in [0.25, 0.3) is 11.3 Å². The zero-order valence-corrected chi connectivity index (χ0v) is 20.1. The summed E-state index contributed by atoms with van der Waals surface area (Å²) in [7, 11) is 3.69. The molecule has 0 spiro atoms. The van der Waals surface area contributed by atoms with Gasteiger partial charge in [0.15, 0.2) is 5.76 Å². The van der Waals surface area contributed by atoms with E-state index in [1.54, 1.807) is 13.2 Å². The van der Waals surface area contributed by atoms with E-state index in [2.05, 4.69) is 22.0 Å². The smallest absolute Gasteiger partial charge is 0.416 e. The van der Waals surface area contributed by atoms with E-state index in [9.17, 15) is 13.2 Å². The van der Waals surface area contributed by atoms with Gasteiger partial charge in [0.2, 0.25) is 0 Å². The fourth-order valence-corrected chi connectivity index (χ4v) is 4.39. The molecule has 6 nitrogen and oxygen atoms in total. The van der Waals surface area contributed by atoms with Crippen molar-refractivity contribution in [1.29, 1.82) is 0 Å². The number of aromatic nitrogens is 1. The van der Waals surface area contributed by atoms with Crippen LogP contribution >= 0.6 is 0 Å². The highest BCUT2D eigenvalue weighted by molar-refractivity contribution is 5.66. The van der Waals surface area contributed by atoms with E-state index in [0.29, 0.717) is 12.2 Å². The molecule has 0 amide bonds. The number of methoxy groups -OCH3 is 1. The molecule has 1 fully saturated rings. The Hall–Kier alpha value is -3.04. The predicted octanol–water partition coefficient (Wildman–Crippen LogP) is 5.01. The van der Waals surface area contributed by atoms with Gasteiger partial charge >= 0.3 is 6.18 Å². The molecule has 0 aliphatic carbocycles. The second-order valence-corrected chi connectivity index (χ2v) is 8.85. The summed E-state index contributed by atoms with van der Waals surface area (Å²) in [5, 5.41) is 4.20. The maximum Gasteiger partial charge on any atom is 0.416 e. The molecule has 0 atom stereocenters. The number of ether oxygens (including phenoxy) is 1. The molecule has 0 bridgehead atoms. The number of para-hydroxylation sites is 1. The molecule has 2 heterocycles. The summed E-state index contributed by atoms with van der Waals surface area (Å²) in [5.41, 5.74) is 1.70. The first-order valence-corrected chi connectivity index (χ1v) is 11.8. The Balaban J connectivity index is 1.20. The molecule has 0 saturated carbocycles. The van der Waals surface area contributed by atoms with E-state index in [1.165, 1.54) is 12.1 Å². The third-order valence-corrected chi connectivity index (χ3v) is 6.29. The summed E-state index contributed by atoms with van der Waals surface area (Å²) < 4.78 is 50.0. The molecule has 0 radical (unpaired) electrons. The fourth-order valence-electron chi connectivity index (χ4n) is 4.39. The van der Waals surface area contributed by atoms with Crippen LogP contribution in [0, 0.1) is 0 Å². The van der Waals surface area contributed by atoms with Gasteiger partial charge in [-0.05, 0) is 56.9 Å². The van der Waals surface area contributed by atoms with Crippen molar-refractivity contribution in [3.05, 3.63) is 65.9 Å². The Morgan fingerprint density at radius 2 is 1.80 bits per heavy atom. The summed E-state index contributed by atoms with van der Waals surface area (Å²) >= 11 is 0. The third kappa shape index (κ3) is 6.55. The van der Waals surface area contributed by atoms with Crippen molar-refractivity contribution in [3.8, 4) is 17.0 Å². The molecule has 1 saturated heterocycles. The average Bonchev–Trinajstić information content (AvgIpc) is 3.32. The van der Waals surface area contributed by atoms with Crippen molar-refractivity contribution in [2.45, 2.75) is 19.1 Å². The first kappa shape index (κ1) is 25.1. The highest BCUT2D eigenvalue weighted by atomic mass is 19.4. The van der Waals surface area contributed by atoms with Gasteiger partial charge in [-0.15, -0.1) is 0 Å². The fraction of sp³-hybridized carbons (Fsp3) is 0.423. The van der Waals surface area contributed by atoms with Gasteiger partial charge in [0.05, 0.1) is 19.2 Å². The van der Waals surface area contributed by atoms with Crippen molar-refractivity contribution in [2.75, 3.05) is 58.3 Å². The summed E-state index contributed by atoms with van der Waals surface area (Å²) in [5.74, 6) is 1.55. The highest BCUT2D eigenvalue weighted by Crippen LogP contribution is 2.32. The Kier molecular flexibility index (Phi) is 7.97. The second-order valence-electron chi connectivity index (χ2n) is 8.85. The van der Waals surface area contributed by atoms with Crippen LogP contribution in [0.15, 0.2) is 59.1 Å². The number of rotatable bonds is 9. The lowest BCUT2D eigenvalue weighted by atomic mass is 10.1. The number of halogens is 3. The van der Waals surface area contributed by atoms with Crippen LogP contribution in [-0.2, 0) is 12.7 Å². The molecule has 3 aromatic rings. The minimum atomic E-state index is -4.31. The number of benzene rings is 2. The van der Waals surface area contributed by atoms with Crippen molar-refractivity contribution in [2.24, 2.45) is 0 Å². The molecule has 1 aromatic heterocycles. The standard InChI is InChI=1S/C26H31F3N4O2/c1-31(19-22-18-24(30-35-22)23-9-3-4-10-25(23)34-2)11-6-12-32-13-15-33(16-14-32)21-8-5-7-20(17-21)26(27,28)29/h3-5,7-10,17-18H,6,11-16,19H2,1-2H3. The van der Waals surface area contributed by atoms with E-state index >= 15 is 0 Å². The lowest BCUT2D eigenvalue weighted by Gasteiger charge is -2.36. The maximum atomic E-state index is 13.0. The molecule has 9 heteroatoms. The Bertz CT molecular complexity index is 1090. The molecule has 4 rings (SSSR count). The zero-order valence-electron chi connectivity index (χ0n) is 20.1. The predicted molar refractivity (Wildman–Crippen MR) is 130 cm³/mol. The Labute approximate surface area is 203 Å². The van der Waals surface area contributed by atoms with Gasteiger partial charge < -0.3 is 14.2 Å². The number of alkyl halides is 3. The van der Waals surface area contributed by atoms with Crippen LogP contribution in [0.3, 0.4) is 0 Å². The summed E-state index contributed by atoms with van der Waals surface area (Å²) in [6.07, 6.45) is -3.32. The molecule has 0 unspecified atom stereocenters. The highest BCUT2D eigenvalue weighted by Gasteiger charge is 2.31. The van der Waals surface area contributed by atoms with Crippen molar-refractivity contribution < 1.29 is 22.4 Å². The van der Waals surface area contributed by atoms with E-state index in [1.807, 2.05) is 35.2 Å². The molecule has 0 N–H and O–H groups in total. The van der Waals surface area contributed by atoms with E-state index in [0.717, 1.165) is 74.5 Å². The summed E-state index contributed by atoms with van der Waals surface area (Å²) in [4.78, 5) is 6.60. The first-order chi connectivity index (χ1) is 16.8. The van der Waals surface area contributed by atoms with Gasteiger partial charge in [-0.1, -0.05) is 23.4 Å². The molecular weight excluding hydrogens is 457 g/mol. The molecular formula is C26H31F3N4O2. The second kappa shape index (κ2) is 11.1. The van der Waals surface area contributed by atoms with Crippen LogP contribution < -0.4 is 9.64 Å². The lowest BCUT2D eigenvalue weighted by Crippen LogP contribution is -2.47. The van der Waals surface area contributed by atoms with Crippen molar-refractivity contribution in [1.82, 2.24) is 15.0 Å². The third-order valence-electron chi connectivity index (χ3n) is 6.29. The van der Waals surface area contributed by atoms with Crippen LogP contribution in [0.5, 0.6) is 5.75 Å². The molecule has 2 aromatic carbocycles. The lowest BCUT2D eigenvalue weighted by molar-refractivity contribution is -0.137. The van der Waals surface area contributed by atoms with Crippen LogP contribution in [0.4, 0.5) is 18.9 Å². The molecule has 1 aliphatic heterocycles. The Morgan fingerprint density at radius 1 is 1.03 bits per heavy atom. The monoisotopic (exact) mass is 488 g/mol. The van der Waals surface area contributed by atoms with Gasteiger partial charge in [0, 0.05) is 43.5 Å². The SMILES string of the molecule is COc1ccccc1-c1cc(CN(C)CCCN2CCN(c3cccc(C(F)(F)F)c3)CC2)on1. The summed E-state index contributed by atoms with van der Waals surface area (Å²) in [6, 6.07) is 15.3. The zero-order chi connectivity index (χ0) is 24.8. The first-order valence-electron chi connectivity index (χ1n) is 11.8. The number of anilines is 1. The number of hydrogen-bond donors (Lipinski definition) is 0. The molecule has 35 heavy (non-hydrogen) atoms. The average molecular weight is 489 g/mol. The van der Waals surface area contributed by atoms with E-state index in [-0.39, 0.29) is 0 Å². The number of piperazine rings is 1. The van der Waals surface area contributed by atoms with E-state index in [4.69, 9.17) is 9.26 Å². The van der Waals surface area contributed by atoms with Crippen LogP contribution in [0.1, 0.15) is 17.7 Å². The maximum absolute atomic E-state index is 13.0. The topological polar surface area (TPSA) is 45.0 Å². The van der Waals surface area contributed by atoms with Crippen LogP contribution in [0.2, 0.25) is 0 Å². The minimum Gasteiger partial charge on any atom is -0.496 e. The van der Waals surface area contributed by atoms with Gasteiger partial charge in [0.25, 0.3) is 0 Å². The van der Waals surface area contributed by atoms with E-state index < -0.39 is 11.7 Å². The minimum absolute atomic E-state index is 0.595. The largest absolute Gasteiger partial charge is 0.496 e. The normalized spacial score (nSPS) is 15.1. The van der Waals surface area contributed by atoms with Crippen molar-refractivity contribution >= 4 is 5.69 Å². The number of hydrogen-bond acceptors (Lipinski definition) is 6. The Morgan fingerprint density at radius 3 is 2.54 bits per heavy atom.